The molecule has 0 radical (unpaired) electrons. The molecule has 0 unspecified atom stereocenters. The van der Waals surface area contributed by atoms with Crippen LogP contribution in [0, 0.1) is 0 Å². The third-order valence-corrected chi connectivity index (χ3v) is 3.49. The van der Waals surface area contributed by atoms with Gasteiger partial charge in [0, 0.05) is 19.0 Å². The van der Waals surface area contributed by atoms with Gasteiger partial charge in [-0.2, -0.15) is 0 Å². The number of rotatable bonds is 4. The first kappa shape index (κ1) is 17.9. The molecule has 1 atom stereocenters. The Morgan fingerprint density at radius 2 is 1.86 bits per heavy atom. The van der Waals surface area contributed by atoms with Crippen molar-refractivity contribution in [2.45, 2.75) is 51.5 Å². The Bertz CT molecular complexity index is 326. The van der Waals surface area contributed by atoms with Crippen molar-refractivity contribution in [1.29, 1.82) is 0 Å². The summed E-state index contributed by atoms with van der Waals surface area (Å²) >= 11 is 0. The highest BCUT2D eigenvalue weighted by Crippen LogP contribution is 1.99. The lowest BCUT2D eigenvalue weighted by atomic mass is 10.1. The number of carbonyl (C=O) groups excluding carboxylic acids is 1. The largest absolute Gasteiger partial charge is 0.356 e. The van der Waals surface area contributed by atoms with Crippen molar-refractivity contribution in [3.63, 3.8) is 0 Å². The molecule has 0 aliphatic carbocycles. The fourth-order valence-electron chi connectivity index (χ4n) is 2.29. The summed E-state index contributed by atoms with van der Waals surface area (Å²) < 4.78 is 0. The first-order chi connectivity index (χ1) is 10.3. The quantitative estimate of drug-likeness (QED) is 0.696. The molecule has 1 aliphatic rings. The zero-order valence-electron chi connectivity index (χ0n) is 13.4. The lowest BCUT2D eigenvalue weighted by molar-refractivity contribution is -0.121. The van der Waals surface area contributed by atoms with E-state index in [1.807, 2.05) is 0 Å². The minimum Gasteiger partial charge on any atom is -0.356 e. The van der Waals surface area contributed by atoms with Crippen LogP contribution < -0.4 is 16.0 Å². The number of amides is 1. The molecular formula is C17H31N3O. The summed E-state index contributed by atoms with van der Waals surface area (Å²) in [5.41, 5.74) is 0. The van der Waals surface area contributed by atoms with Crippen LogP contribution in [0.15, 0.2) is 24.3 Å². The Hall–Kier alpha value is -1.13. The van der Waals surface area contributed by atoms with Gasteiger partial charge in [-0.3, -0.25) is 4.79 Å². The molecule has 0 aromatic heterocycles. The molecule has 1 amide bonds. The van der Waals surface area contributed by atoms with Crippen LogP contribution in [-0.4, -0.2) is 38.1 Å². The third-order valence-electron chi connectivity index (χ3n) is 3.49. The molecular weight excluding hydrogens is 262 g/mol. The van der Waals surface area contributed by atoms with Crippen molar-refractivity contribution >= 4 is 5.91 Å². The normalized spacial score (nSPS) is 23.5. The van der Waals surface area contributed by atoms with Crippen molar-refractivity contribution in [3.8, 4) is 0 Å². The molecule has 1 rings (SSSR count). The van der Waals surface area contributed by atoms with Crippen LogP contribution in [0.5, 0.6) is 0 Å². The second-order valence-electron chi connectivity index (χ2n) is 5.47. The first-order valence-electron chi connectivity index (χ1n) is 8.35. The second-order valence-corrected chi connectivity index (χ2v) is 5.47. The van der Waals surface area contributed by atoms with E-state index < -0.39 is 0 Å². The molecule has 3 N–H and O–H groups in total. The molecule has 1 fully saturated rings. The number of hydrogen-bond acceptors (Lipinski definition) is 3. The van der Waals surface area contributed by atoms with Crippen molar-refractivity contribution in [3.05, 3.63) is 24.3 Å². The monoisotopic (exact) mass is 293 g/mol. The van der Waals surface area contributed by atoms with Gasteiger partial charge in [-0.25, -0.2) is 0 Å². The van der Waals surface area contributed by atoms with E-state index in [-0.39, 0.29) is 11.9 Å². The van der Waals surface area contributed by atoms with E-state index in [0.29, 0.717) is 6.42 Å². The highest BCUT2D eigenvalue weighted by molar-refractivity contribution is 5.76. The van der Waals surface area contributed by atoms with Gasteiger partial charge in [0.25, 0.3) is 0 Å². The number of hydrogen-bond donors (Lipinski definition) is 3. The SMILES string of the molecule is CC/C=C/C/C=C\[C@H]1CC(=O)NCCCNCCCCN1. The molecule has 0 aromatic rings. The Balaban J connectivity index is 2.42. The molecule has 21 heavy (non-hydrogen) atoms. The van der Waals surface area contributed by atoms with E-state index in [0.717, 1.165) is 51.9 Å². The van der Waals surface area contributed by atoms with Crippen LogP contribution in [0.1, 0.15) is 45.4 Å². The average Bonchev–Trinajstić information content (AvgIpc) is 2.49. The van der Waals surface area contributed by atoms with E-state index >= 15 is 0 Å². The Morgan fingerprint density at radius 1 is 1.05 bits per heavy atom. The molecule has 0 bridgehead atoms. The van der Waals surface area contributed by atoms with Crippen LogP contribution in [0.4, 0.5) is 0 Å². The molecule has 1 saturated heterocycles. The fraction of sp³-hybridized carbons (Fsp3) is 0.706. The fourth-order valence-corrected chi connectivity index (χ4v) is 2.29. The van der Waals surface area contributed by atoms with Crippen LogP contribution in [0.2, 0.25) is 0 Å². The lowest BCUT2D eigenvalue weighted by Gasteiger charge is -2.14. The van der Waals surface area contributed by atoms with Crippen LogP contribution in [0.3, 0.4) is 0 Å². The maximum Gasteiger partial charge on any atom is 0.221 e. The molecule has 0 saturated carbocycles. The van der Waals surface area contributed by atoms with Crippen molar-refractivity contribution in [2.75, 3.05) is 26.2 Å². The van der Waals surface area contributed by atoms with E-state index in [4.69, 9.17) is 0 Å². The summed E-state index contributed by atoms with van der Waals surface area (Å²) in [6, 6.07) is 0.147. The zero-order chi connectivity index (χ0) is 15.2. The van der Waals surface area contributed by atoms with E-state index in [2.05, 4.69) is 47.2 Å². The van der Waals surface area contributed by atoms with Gasteiger partial charge in [-0.1, -0.05) is 31.2 Å². The smallest absolute Gasteiger partial charge is 0.221 e. The maximum atomic E-state index is 11.9. The maximum absolute atomic E-state index is 11.9. The predicted molar refractivity (Wildman–Crippen MR) is 89.3 cm³/mol. The summed E-state index contributed by atoms with van der Waals surface area (Å²) in [5, 5.41) is 9.88. The van der Waals surface area contributed by atoms with Gasteiger partial charge >= 0.3 is 0 Å². The van der Waals surface area contributed by atoms with Crippen LogP contribution >= 0.6 is 0 Å². The predicted octanol–water partition coefficient (Wildman–Crippen LogP) is 2.14. The molecule has 1 heterocycles. The van der Waals surface area contributed by atoms with Gasteiger partial charge in [-0.05, 0) is 51.7 Å². The second kappa shape index (κ2) is 12.6. The van der Waals surface area contributed by atoms with Gasteiger partial charge in [-0.15, -0.1) is 0 Å². The molecule has 0 spiro atoms. The van der Waals surface area contributed by atoms with E-state index in [1.54, 1.807) is 0 Å². The highest BCUT2D eigenvalue weighted by atomic mass is 16.1. The first-order valence-corrected chi connectivity index (χ1v) is 8.35. The number of allylic oxidation sites excluding steroid dienone is 3. The Kier molecular flexibility index (Phi) is 10.8. The highest BCUT2D eigenvalue weighted by Gasteiger charge is 2.10. The molecule has 4 nitrogen and oxygen atoms in total. The summed E-state index contributed by atoms with van der Waals surface area (Å²) in [5.74, 6) is 0.139. The summed E-state index contributed by atoms with van der Waals surface area (Å²) in [7, 11) is 0. The third kappa shape index (κ3) is 10.3. The van der Waals surface area contributed by atoms with Crippen LogP contribution in [-0.2, 0) is 4.79 Å². The molecule has 4 heteroatoms. The molecule has 1 aliphatic heterocycles. The van der Waals surface area contributed by atoms with Gasteiger partial charge in [0.1, 0.15) is 0 Å². The van der Waals surface area contributed by atoms with Gasteiger partial charge < -0.3 is 16.0 Å². The zero-order valence-corrected chi connectivity index (χ0v) is 13.4. The van der Waals surface area contributed by atoms with Crippen LogP contribution in [0.25, 0.3) is 0 Å². The number of nitrogens with one attached hydrogen (secondary N) is 3. The minimum atomic E-state index is 0.139. The summed E-state index contributed by atoms with van der Waals surface area (Å²) in [6.45, 7) is 5.92. The summed E-state index contributed by atoms with van der Waals surface area (Å²) in [6.07, 6.45) is 14.5. The van der Waals surface area contributed by atoms with Gasteiger partial charge in [0.05, 0.1) is 0 Å². The average molecular weight is 293 g/mol. The topological polar surface area (TPSA) is 53.2 Å². The van der Waals surface area contributed by atoms with Crippen molar-refractivity contribution in [1.82, 2.24) is 16.0 Å². The Morgan fingerprint density at radius 3 is 2.71 bits per heavy atom. The van der Waals surface area contributed by atoms with E-state index in [1.165, 1.54) is 6.42 Å². The number of carbonyl (C=O) groups is 1. The summed E-state index contributed by atoms with van der Waals surface area (Å²) in [4.78, 5) is 11.9. The lowest BCUT2D eigenvalue weighted by Crippen LogP contribution is -2.35. The minimum absolute atomic E-state index is 0.139. The van der Waals surface area contributed by atoms with Gasteiger partial charge in [0.15, 0.2) is 0 Å². The Labute approximate surface area is 129 Å². The van der Waals surface area contributed by atoms with E-state index in [9.17, 15) is 4.79 Å². The van der Waals surface area contributed by atoms with Crippen molar-refractivity contribution in [2.24, 2.45) is 0 Å². The standard InChI is InChI=1S/C17H31N3O/c1-2-3-4-5-6-10-16-15-17(21)20-14-9-12-18-11-7-8-13-19-16/h3-4,6,10,16,18-19H,2,5,7-9,11-15H2,1H3,(H,20,21)/b4-3+,10-6-/t16-/m0/s1. The molecule has 120 valence electrons. The van der Waals surface area contributed by atoms with Gasteiger partial charge in [0.2, 0.25) is 5.91 Å². The van der Waals surface area contributed by atoms with Crippen molar-refractivity contribution < 1.29 is 4.79 Å². The molecule has 0 aromatic carbocycles.